The van der Waals surface area contributed by atoms with Gasteiger partial charge in [0.05, 0.1) is 12.6 Å². The van der Waals surface area contributed by atoms with Gasteiger partial charge in [-0.3, -0.25) is 9.89 Å². The van der Waals surface area contributed by atoms with E-state index in [1.54, 1.807) is 30.3 Å². The van der Waals surface area contributed by atoms with E-state index in [0.29, 0.717) is 22.2 Å². The molecule has 7 heteroatoms. The smallest absolute Gasteiger partial charge is 0.272 e. The summed E-state index contributed by atoms with van der Waals surface area (Å²) >= 11 is 0. The number of likely N-dealkylation sites (tertiary alicyclic amines) is 1. The van der Waals surface area contributed by atoms with E-state index in [-0.39, 0.29) is 17.7 Å². The number of aromatic amines is 1. The van der Waals surface area contributed by atoms with Crippen LogP contribution in [0.1, 0.15) is 30.3 Å². The molecule has 0 aliphatic carbocycles. The predicted octanol–water partition coefficient (Wildman–Crippen LogP) is 3.59. The number of ether oxygens (including phenoxy) is 1. The summed E-state index contributed by atoms with van der Waals surface area (Å²) in [5.74, 6) is -0.438. The van der Waals surface area contributed by atoms with E-state index in [9.17, 15) is 9.18 Å². The molecule has 1 saturated heterocycles. The van der Waals surface area contributed by atoms with Gasteiger partial charge in [0.15, 0.2) is 17.3 Å². The minimum Gasteiger partial charge on any atom is -0.494 e. The van der Waals surface area contributed by atoms with Crippen LogP contribution in [0.3, 0.4) is 0 Å². The molecule has 0 spiro atoms. The van der Waals surface area contributed by atoms with Gasteiger partial charge < -0.3 is 15.0 Å². The third kappa shape index (κ3) is 3.82. The highest BCUT2D eigenvalue weighted by Crippen LogP contribution is 2.31. The highest BCUT2D eigenvalue weighted by atomic mass is 19.1. The summed E-state index contributed by atoms with van der Waals surface area (Å²) in [6, 6.07) is 10.6. The van der Waals surface area contributed by atoms with Crippen molar-refractivity contribution in [2.24, 2.45) is 0 Å². The first kappa shape index (κ1) is 19.4. The predicted molar refractivity (Wildman–Crippen MR) is 111 cm³/mol. The maximum absolute atomic E-state index is 14.7. The number of carbonyl (C=O) groups is 1. The van der Waals surface area contributed by atoms with Crippen molar-refractivity contribution in [3.63, 3.8) is 0 Å². The number of piperidine rings is 1. The Balaban J connectivity index is 1.60. The molecule has 1 aliphatic heterocycles. The zero-order valence-electron chi connectivity index (χ0n) is 16.7. The molecule has 0 atom stereocenters. The van der Waals surface area contributed by atoms with Crippen molar-refractivity contribution < 1.29 is 13.9 Å². The van der Waals surface area contributed by atoms with Crippen molar-refractivity contribution >= 4 is 16.8 Å². The number of H-pyrrole nitrogens is 1. The van der Waals surface area contributed by atoms with Gasteiger partial charge >= 0.3 is 0 Å². The second-order valence-electron chi connectivity index (χ2n) is 7.34. The molecule has 2 aromatic carbocycles. The normalized spacial score (nSPS) is 15.6. The van der Waals surface area contributed by atoms with Gasteiger partial charge in [-0.15, -0.1) is 0 Å². The van der Waals surface area contributed by atoms with Crippen LogP contribution >= 0.6 is 0 Å². The third-order valence-corrected chi connectivity index (χ3v) is 5.64. The number of nitrogens with zero attached hydrogens (tertiary/aromatic N) is 2. The first-order valence-corrected chi connectivity index (χ1v) is 9.95. The SMILES string of the molecule is CCN1CCC(NC(=O)c2n[nH]c3ccc(-c4cccc(OC)c4F)cc23)CC1. The van der Waals surface area contributed by atoms with Crippen LogP contribution in [0.15, 0.2) is 36.4 Å². The number of hydrogen-bond donors (Lipinski definition) is 2. The number of fused-ring (bicyclic) bond motifs is 1. The maximum Gasteiger partial charge on any atom is 0.272 e. The topological polar surface area (TPSA) is 70.2 Å². The van der Waals surface area contributed by atoms with Crippen LogP contribution in [-0.2, 0) is 0 Å². The highest BCUT2D eigenvalue weighted by Gasteiger charge is 2.23. The van der Waals surface area contributed by atoms with Crippen LogP contribution in [-0.4, -0.2) is 53.8 Å². The van der Waals surface area contributed by atoms with Crippen molar-refractivity contribution in [2.45, 2.75) is 25.8 Å². The van der Waals surface area contributed by atoms with E-state index in [2.05, 4.69) is 27.3 Å². The Morgan fingerprint density at radius 3 is 2.83 bits per heavy atom. The van der Waals surface area contributed by atoms with E-state index in [1.165, 1.54) is 7.11 Å². The van der Waals surface area contributed by atoms with Crippen LogP contribution in [0.25, 0.3) is 22.0 Å². The number of halogens is 1. The quantitative estimate of drug-likeness (QED) is 0.692. The van der Waals surface area contributed by atoms with E-state index in [1.807, 2.05) is 6.07 Å². The van der Waals surface area contributed by atoms with Gasteiger partial charge in [0.2, 0.25) is 0 Å². The second kappa shape index (κ2) is 8.21. The Morgan fingerprint density at radius 1 is 1.31 bits per heavy atom. The summed E-state index contributed by atoms with van der Waals surface area (Å²) in [7, 11) is 1.44. The fourth-order valence-corrected chi connectivity index (χ4v) is 3.89. The van der Waals surface area contributed by atoms with Crippen LogP contribution < -0.4 is 10.1 Å². The van der Waals surface area contributed by atoms with Gasteiger partial charge in [0, 0.05) is 30.1 Å². The second-order valence-corrected chi connectivity index (χ2v) is 7.34. The van der Waals surface area contributed by atoms with Crippen LogP contribution in [0.4, 0.5) is 4.39 Å². The molecule has 2 heterocycles. The molecule has 6 nitrogen and oxygen atoms in total. The Bertz CT molecular complexity index is 1020. The largest absolute Gasteiger partial charge is 0.494 e. The minimum atomic E-state index is -0.425. The number of rotatable bonds is 5. The van der Waals surface area contributed by atoms with Gasteiger partial charge in [-0.2, -0.15) is 5.10 Å². The fourth-order valence-electron chi connectivity index (χ4n) is 3.89. The summed E-state index contributed by atoms with van der Waals surface area (Å²) in [5, 5.41) is 10.9. The summed E-state index contributed by atoms with van der Waals surface area (Å²) in [5.41, 5.74) is 2.16. The van der Waals surface area contributed by atoms with Crippen LogP contribution in [0.2, 0.25) is 0 Å². The zero-order chi connectivity index (χ0) is 20.4. The number of benzene rings is 2. The summed E-state index contributed by atoms with van der Waals surface area (Å²) in [4.78, 5) is 15.2. The Morgan fingerprint density at radius 2 is 2.10 bits per heavy atom. The molecule has 0 saturated carbocycles. The molecule has 1 amide bonds. The van der Waals surface area contributed by atoms with Crippen LogP contribution in [0.5, 0.6) is 5.75 Å². The van der Waals surface area contributed by atoms with Crippen molar-refractivity contribution in [3.8, 4) is 16.9 Å². The molecular formula is C22H25FN4O2. The van der Waals surface area contributed by atoms with Crippen molar-refractivity contribution in [1.29, 1.82) is 0 Å². The van der Waals surface area contributed by atoms with Crippen LogP contribution in [0, 0.1) is 5.82 Å². The van der Waals surface area contributed by atoms with Gasteiger partial charge in [0.1, 0.15) is 0 Å². The third-order valence-electron chi connectivity index (χ3n) is 5.64. The number of hydrogen-bond acceptors (Lipinski definition) is 4. The molecule has 29 heavy (non-hydrogen) atoms. The lowest BCUT2D eigenvalue weighted by Crippen LogP contribution is -2.44. The number of nitrogens with one attached hydrogen (secondary N) is 2. The average Bonchev–Trinajstić information content (AvgIpc) is 3.18. The first-order chi connectivity index (χ1) is 14.1. The summed E-state index contributed by atoms with van der Waals surface area (Å²) < 4.78 is 19.8. The van der Waals surface area contributed by atoms with Gasteiger partial charge in [-0.25, -0.2) is 4.39 Å². The molecule has 4 rings (SSSR count). The Kier molecular flexibility index (Phi) is 5.49. The number of methoxy groups -OCH3 is 1. The molecule has 0 unspecified atom stereocenters. The van der Waals surface area contributed by atoms with Gasteiger partial charge in [0.25, 0.3) is 5.91 Å². The Hall–Kier alpha value is -2.93. The van der Waals surface area contributed by atoms with E-state index in [0.717, 1.165) is 38.0 Å². The molecule has 1 fully saturated rings. The monoisotopic (exact) mass is 396 g/mol. The van der Waals surface area contributed by atoms with Crippen molar-refractivity contribution in [2.75, 3.05) is 26.7 Å². The standard InChI is InChI=1S/C22H25FN4O2/c1-3-27-11-9-15(10-12-27)24-22(28)21-17-13-14(7-8-18(17)25-26-21)16-5-4-6-19(29-2)20(16)23/h4-8,13,15H,3,9-12H2,1-2H3,(H,24,28)(H,25,26). The molecule has 2 N–H and O–H groups in total. The lowest BCUT2D eigenvalue weighted by Gasteiger charge is -2.31. The molecule has 0 bridgehead atoms. The molecule has 1 aliphatic rings. The van der Waals surface area contributed by atoms with Gasteiger partial charge in [-0.05, 0) is 43.1 Å². The molecule has 3 aromatic rings. The lowest BCUT2D eigenvalue weighted by atomic mass is 10.0. The first-order valence-electron chi connectivity index (χ1n) is 9.95. The van der Waals surface area contributed by atoms with E-state index >= 15 is 0 Å². The minimum absolute atomic E-state index is 0.149. The summed E-state index contributed by atoms with van der Waals surface area (Å²) in [6.45, 7) is 5.16. The zero-order valence-corrected chi connectivity index (χ0v) is 16.7. The maximum atomic E-state index is 14.7. The summed E-state index contributed by atoms with van der Waals surface area (Å²) in [6.07, 6.45) is 1.87. The van der Waals surface area contributed by atoms with Crippen molar-refractivity contribution in [3.05, 3.63) is 47.9 Å². The molecule has 152 valence electrons. The lowest BCUT2D eigenvalue weighted by molar-refractivity contribution is 0.0909. The van der Waals surface area contributed by atoms with Crippen molar-refractivity contribution in [1.82, 2.24) is 20.4 Å². The molecule has 0 radical (unpaired) electrons. The number of carbonyl (C=O) groups excluding carboxylic acids is 1. The Labute approximate surface area is 169 Å². The number of aromatic nitrogens is 2. The highest BCUT2D eigenvalue weighted by molar-refractivity contribution is 6.05. The van der Waals surface area contributed by atoms with E-state index in [4.69, 9.17) is 4.74 Å². The average molecular weight is 396 g/mol. The molecule has 1 aromatic heterocycles. The fraction of sp³-hybridized carbons (Fsp3) is 0.364. The number of amides is 1. The van der Waals surface area contributed by atoms with E-state index < -0.39 is 5.82 Å². The van der Waals surface area contributed by atoms with Gasteiger partial charge in [-0.1, -0.05) is 25.1 Å². The molecular weight excluding hydrogens is 371 g/mol.